The van der Waals surface area contributed by atoms with Crippen molar-refractivity contribution in [3.63, 3.8) is 0 Å². The minimum absolute atomic E-state index is 0.0789. The molecule has 5 aliphatic carbocycles. The van der Waals surface area contributed by atoms with Gasteiger partial charge in [0, 0.05) is 0 Å². The summed E-state index contributed by atoms with van der Waals surface area (Å²) in [4.78, 5) is 13.0. The van der Waals surface area contributed by atoms with Crippen molar-refractivity contribution in [1.82, 2.24) is 0 Å². The van der Waals surface area contributed by atoms with Crippen molar-refractivity contribution in [3.05, 3.63) is 11.6 Å². The molecule has 2 aliphatic heterocycles. The Morgan fingerprint density at radius 2 is 1.53 bits per heavy atom. The van der Waals surface area contributed by atoms with Crippen molar-refractivity contribution in [1.29, 1.82) is 0 Å². The zero-order valence-electron chi connectivity index (χ0n) is 32.2. The molecule has 302 valence electrons. The Balaban J connectivity index is 1.15. The van der Waals surface area contributed by atoms with Crippen molar-refractivity contribution in [2.75, 3.05) is 13.2 Å². The number of hydrogen-bond acceptors (Lipinski definition) is 12. The van der Waals surface area contributed by atoms with Gasteiger partial charge in [-0.05, 0) is 111 Å². The van der Waals surface area contributed by atoms with Gasteiger partial charge < -0.3 is 59.8 Å². The standard InChI is InChI=1S/C40H64O13/c1-35(2)24-9-12-39(6)25(8-7-20-21-17-36(3,49)13-15-40(21,34(47)48)16-14-38(20,39)5)37(24,4)11-10-26(35)52-33-31(29(45)28(44)23(18-41)51-33)53-32-30(46)27(43)22(42)19-50-32/h7,21-33,41-46,49H,8-19H2,1-6H3,(H,47,48)/t21-,22+,23+,24?,25+,26-,27-,28+,29-,30+,31+,32-,33-,36+,37-,38+,39+,40-/m0/s1. The second-order valence-corrected chi connectivity index (χ2v) is 19.6. The Bertz CT molecular complexity index is 1430. The van der Waals surface area contributed by atoms with Crippen LogP contribution in [0.15, 0.2) is 11.6 Å². The van der Waals surface area contributed by atoms with Gasteiger partial charge in [0.1, 0.15) is 42.7 Å². The third-order valence-electron chi connectivity index (χ3n) is 16.6. The van der Waals surface area contributed by atoms with Gasteiger partial charge in [0.15, 0.2) is 12.6 Å². The molecule has 6 fully saturated rings. The summed E-state index contributed by atoms with van der Waals surface area (Å²) in [6, 6.07) is 0. The first-order valence-electron chi connectivity index (χ1n) is 19.9. The van der Waals surface area contributed by atoms with E-state index in [4.69, 9.17) is 18.9 Å². The highest BCUT2D eigenvalue weighted by molar-refractivity contribution is 5.76. The highest BCUT2D eigenvalue weighted by atomic mass is 16.8. The van der Waals surface area contributed by atoms with Gasteiger partial charge in [-0.1, -0.05) is 46.3 Å². The molecule has 0 bridgehead atoms. The van der Waals surface area contributed by atoms with Gasteiger partial charge in [0.25, 0.3) is 0 Å². The predicted molar refractivity (Wildman–Crippen MR) is 189 cm³/mol. The van der Waals surface area contributed by atoms with E-state index in [2.05, 4.69) is 40.7 Å². The SMILES string of the molecule is CC1(C)C2CC[C@]3(C)[C@H](CC=C4[C@@H]5C[C@](C)(O)CC[C@]5(C(=O)O)CC[C@]43C)[C@@]2(C)CC[C@@H]1O[C@@H]1O[C@H](CO)[C@@H](O)[C@H](O)[C@H]1O[C@@H]1OC[C@@H](O)[C@H](O)[C@H]1O. The fourth-order valence-electron chi connectivity index (χ4n) is 13.2. The van der Waals surface area contributed by atoms with Crippen molar-refractivity contribution in [2.45, 2.75) is 173 Å². The van der Waals surface area contributed by atoms with E-state index in [0.717, 1.165) is 32.1 Å². The molecule has 0 amide bonds. The lowest BCUT2D eigenvalue weighted by Crippen LogP contribution is -2.66. The van der Waals surface area contributed by atoms with E-state index in [-0.39, 0.29) is 40.8 Å². The lowest BCUT2D eigenvalue weighted by Gasteiger charge is -2.71. The van der Waals surface area contributed by atoms with E-state index < -0.39 is 84.3 Å². The third kappa shape index (κ3) is 5.92. The fourth-order valence-corrected chi connectivity index (χ4v) is 13.2. The molecule has 0 radical (unpaired) electrons. The van der Waals surface area contributed by atoms with Crippen LogP contribution < -0.4 is 0 Å². The number of fused-ring (bicyclic) bond motifs is 7. The van der Waals surface area contributed by atoms with Crippen LogP contribution in [0.3, 0.4) is 0 Å². The predicted octanol–water partition coefficient (Wildman–Crippen LogP) is 2.25. The summed E-state index contributed by atoms with van der Waals surface area (Å²) in [6.07, 6.45) is -3.66. The summed E-state index contributed by atoms with van der Waals surface area (Å²) in [5, 5.41) is 84.7. The first kappa shape index (κ1) is 40.0. The van der Waals surface area contributed by atoms with Gasteiger partial charge in [0.2, 0.25) is 0 Å². The maximum atomic E-state index is 13.0. The zero-order valence-corrected chi connectivity index (χ0v) is 32.2. The Hall–Kier alpha value is -1.23. The number of aliphatic hydroxyl groups excluding tert-OH is 6. The van der Waals surface area contributed by atoms with Crippen LogP contribution in [0, 0.1) is 44.8 Å². The maximum Gasteiger partial charge on any atom is 0.310 e. The number of rotatable bonds is 6. The van der Waals surface area contributed by atoms with E-state index in [9.17, 15) is 45.6 Å². The summed E-state index contributed by atoms with van der Waals surface area (Å²) >= 11 is 0. The number of carboxylic acid groups (broad SMARTS) is 1. The number of aliphatic carboxylic acids is 1. The Morgan fingerprint density at radius 3 is 2.21 bits per heavy atom. The van der Waals surface area contributed by atoms with Crippen molar-refractivity contribution >= 4 is 5.97 Å². The normalized spacial score (nSPS) is 55.1. The van der Waals surface area contributed by atoms with Gasteiger partial charge in [-0.25, -0.2) is 0 Å². The molecule has 2 saturated heterocycles. The van der Waals surface area contributed by atoms with Crippen molar-refractivity contribution in [3.8, 4) is 0 Å². The first-order chi connectivity index (χ1) is 24.7. The average molecular weight is 753 g/mol. The second-order valence-electron chi connectivity index (χ2n) is 19.6. The summed E-state index contributed by atoms with van der Waals surface area (Å²) in [5.41, 5.74) is -1.24. The topological polar surface area (TPSA) is 216 Å². The van der Waals surface area contributed by atoms with Crippen LogP contribution in [0.5, 0.6) is 0 Å². The molecule has 8 N–H and O–H groups in total. The molecule has 2 heterocycles. The number of carbonyl (C=O) groups is 1. The maximum absolute atomic E-state index is 13.0. The molecular weight excluding hydrogens is 688 g/mol. The molecule has 53 heavy (non-hydrogen) atoms. The van der Waals surface area contributed by atoms with Crippen LogP contribution in [0.2, 0.25) is 0 Å². The highest BCUT2D eigenvalue weighted by Crippen LogP contribution is 2.75. The van der Waals surface area contributed by atoms with Crippen LogP contribution in [-0.2, 0) is 23.7 Å². The number of ether oxygens (including phenoxy) is 4. The molecule has 0 spiro atoms. The Labute approximate surface area is 312 Å². The van der Waals surface area contributed by atoms with Gasteiger partial charge in [-0.15, -0.1) is 0 Å². The molecule has 4 saturated carbocycles. The number of carboxylic acids is 1. The van der Waals surface area contributed by atoms with Crippen molar-refractivity contribution in [2.24, 2.45) is 44.8 Å². The smallest absolute Gasteiger partial charge is 0.310 e. The quantitative estimate of drug-likeness (QED) is 0.145. The summed E-state index contributed by atoms with van der Waals surface area (Å²) in [6.45, 7) is 12.6. The molecule has 0 aromatic rings. The first-order valence-corrected chi connectivity index (χ1v) is 19.9. The van der Waals surface area contributed by atoms with E-state index in [1.165, 1.54) is 5.57 Å². The van der Waals surface area contributed by atoms with Crippen LogP contribution in [0.1, 0.15) is 106 Å². The molecule has 1 unspecified atom stereocenters. The minimum Gasteiger partial charge on any atom is -0.481 e. The zero-order chi connectivity index (χ0) is 38.7. The molecule has 13 nitrogen and oxygen atoms in total. The van der Waals surface area contributed by atoms with Crippen molar-refractivity contribution < 1.29 is 64.6 Å². The number of aliphatic hydroxyl groups is 7. The molecule has 13 heteroatoms. The highest BCUT2D eigenvalue weighted by Gasteiger charge is 2.70. The third-order valence-corrected chi connectivity index (χ3v) is 16.6. The van der Waals surface area contributed by atoms with Crippen LogP contribution in [0.25, 0.3) is 0 Å². The number of hydrogen-bond donors (Lipinski definition) is 8. The fraction of sp³-hybridized carbons (Fsp3) is 0.925. The van der Waals surface area contributed by atoms with E-state index in [1.807, 2.05) is 6.92 Å². The largest absolute Gasteiger partial charge is 0.481 e. The Kier molecular flexibility index (Phi) is 10.1. The number of allylic oxidation sites excluding steroid dienone is 2. The molecule has 0 aromatic heterocycles. The average Bonchev–Trinajstić information content (AvgIpc) is 3.08. The molecule has 18 atom stereocenters. The van der Waals surface area contributed by atoms with Gasteiger partial charge in [0.05, 0.1) is 30.3 Å². The van der Waals surface area contributed by atoms with E-state index in [1.54, 1.807) is 0 Å². The van der Waals surface area contributed by atoms with Gasteiger partial charge in [-0.2, -0.15) is 0 Å². The monoisotopic (exact) mass is 752 g/mol. The molecular formula is C40H64O13. The molecule has 7 aliphatic rings. The van der Waals surface area contributed by atoms with Crippen LogP contribution in [-0.4, -0.2) is 127 Å². The molecule has 0 aromatic carbocycles. The van der Waals surface area contributed by atoms with Crippen LogP contribution in [0.4, 0.5) is 0 Å². The lowest BCUT2D eigenvalue weighted by molar-refractivity contribution is -0.370. The van der Waals surface area contributed by atoms with E-state index >= 15 is 0 Å². The summed E-state index contributed by atoms with van der Waals surface area (Å²) in [7, 11) is 0. The van der Waals surface area contributed by atoms with E-state index in [0.29, 0.717) is 38.0 Å². The van der Waals surface area contributed by atoms with Crippen LogP contribution >= 0.6 is 0 Å². The Morgan fingerprint density at radius 1 is 0.830 bits per heavy atom. The second kappa shape index (κ2) is 13.4. The van der Waals surface area contributed by atoms with Gasteiger partial charge >= 0.3 is 5.97 Å². The van der Waals surface area contributed by atoms with Gasteiger partial charge in [-0.3, -0.25) is 4.79 Å². The lowest BCUT2D eigenvalue weighted by atomic mass is 9.33. The summed E-state index contributed by atoms with van der Waals surface area (Å²) < 4.78 is 24.2. The molecule has 7 rings (SSSR count). The summed E-state index contributed by atoms with van der Waals surface area (Å²) in [5.74, 6) is -0.366. The minimum atomic E-state index is -1.63.